The van der Waals surface area contributed by atoms with Gasteiger partial charge in [0.1, 0.15) is 0 Å². The second-order valence-corrected chi connectivity index (χ2v) is 9.47. The number of rotatable bonds is 7. The number of aryl methyl sites for hydroxylation is 1. The Bertz CT molecular complexity index is 1450. The number of carbonyl (C=O) groups is 1. The van der Waals surface area contributed by atoms with Gasteiger partial charge in [0.15, 0.2) is 0 Å². The van der Waals surface area contributed by atoms with Crippen LogP contribution >= 0.6 is 0 Å². The van der Waals surface area contributed by atoms with Crippen LogP contribution in [0.5, 0.6) is 0 Å². The Morgan fingerprint density at radius 2 is 1.82 bits per heavy atom. The Kier molecular flexibility index (Phi) is 6.55. The summed E-state index contributed by atoms with van der Waals surface area (Å²) in [6.45, 7) is 1.90. The number of nitrogens with one attached hydrogen (secondary N) is 1. The van der Waals surface area contributed by atoms with Crippen LogP contribution in [-0.2, 0) is 14.8 Å². The van der Waals surface area contributed by atoms with Crippen molar-refractivity contribution in [3.05, 3.63) is 96.4 Å². The predicted octanol–water partition coefficient (Wildman–Crippen LogP) is 4.52. The number of sulfonamides is 1. The molecule has 0 saturated carbocycles. The van der Waals surface area contributed by atoms with Crippen molar-refractivity contribution in [3.63, 3.8) is 0 Å². The van der Waals surface area contributed by atoms with Crippen molar-refractivity contribution in [2.75, 3.05) is 16.7 Å². The minimum Gasteiger partial charge on any atom is -0.423 e. The highest BCUT2D eigenvalue weighted by Crippen LogP contribution is 2.26. The van der Waals surface area contributed by atoms with Gasteiger partial charge >= 0.3 is 0 Å². The lowest BCUT2D eigenvalue weighted by Gasteiger charge is -2.20. The van der Waals surface area contributed by atoms with Crippen molar-refractivity contribution >= 4 is 33.4 Å². The number of hydrogen-bond acceptors (Lipinski definition) is 6. The van der Waals surface area contributed by atoms with Crippen molar-refractivity contribution in [3.8, 4) is 11.5 Å². The van der Waals surface area contributed by atoms with Crippen LogP contribution in [0.25, 0.3) is 17.5 Å². The van der Waals surface area contributed by atoms with Crippen LogP contribution in [0, 0.1) is 6.92 Å². The van der Waals surface area contributed by atoms with Gasteiger partial charge in [-0.1, -0.05) is 36.4 Å². The van der Waals surface area contributed by atoms with Gasteiger partial charge in [-0.25, -0.2) is 8.42 Å². The number of carbonyl (C=O) groups excluding carboxylic acids is 1. The lowest BCUT2D eigenvalue weighted by Crippen LogP contribution is -2.26. The average Bonchev–Trinajstić information content (AvgIpc) is 3.38. The second kappa shape index (κ2) is 9.72. The number of benzene rings is 3. The first-order chi connectivity index (χ1) is 16.3. The third-order valence-electron chi connectivity index (χ3n) is 5.08. The first-order valence-electron chi connectivity index (χ1n) is 10.3. The van der Waals surface area contributed by atoms with Crippen LogP contribution in [0.15, 0.2) is 94.6 Å². The van der Waals surface area contributed by atoms with Gasteiger partial charge < -0.3 is 9.73 Å². The lowest BCUT2D eigenvalue weighted by atomic mass is 10.1. The minimum atomic E-state index is -3.77. The van der Waals surface area contributed by atoms with E-state index in [2.05, 4.69) is 15.5 Å². The molecule has 0 atom stereocenters. The summed E-state index contributed by atoms with van der Waals surface area (Å²) < 4.78 is 32.7. The topological polar surface area (TPSA) is 105 Å². The summed E-state index contributed by atoms with van der Waals surface area (Å²) in [5.74, 6) is -0.104. The molecule has 0 aliphatic carbocycles. The van der Waals surface area contributed by atoms with E-state index in [1.54, 1.807) is 54.6 Å². The molecule has 0 saturated heterocycles. The molecule has 0 bridgehead atoms. The fraction of sp³-hybridized carbons (Fsp3) is 0.0800. The summed E-state index contributed by atoms with van der Waals surface area (Å²) in [6.07, 6.45) is 4.10. The van der Waals surface area contributed by atoms with Crippen LogP contribution in [0.1, 0.15) is 11.1 Å². The molecule has 34 heavy (non-hydrogen) atoms. The Balaban J connectivity index is 1.52. The van der Waals surface area contributed by atoms with Crippen LogP contribution in [0.4, 0.5) is 11.4 Å². The third-order valence-corrected chi connectivity index (χ3v) is 6.87. The molecule has 0 aliphatic rings. The highest BCUT2D eigenvalue weighted by Gasteiger charge is 2.21. The van der Waals surface area contributed by atoms with Crippen LogP contribution < -0.4 is 9.62 Å². The zero-order chi connectivity index (χ0) is 24.1. The van der Waals surface area contributed by atoms with E-state index in [1.165, 1.54) is 36.0 Å². The molecule has 4 aromatic rings. The number of aromatic nitrogens is 2. The van der Waals surface area contributed by atoms with E-state index in [0.29, 0.717) is 22.5 Å². The number of amides is 1. The van der Waals surface area contributed by atoms with Gasteiger partial charge in [-0.2, -0.15) is 0 Å². The Hall–Kier alpha value is -4.24. The van der Waals surface area contributed by atoms with Gasteiger partial charge in [0.05, 0.1) is 21.8 Å². The van der Waals surface area contributed by atoms with E-state index in [1.807, 2.05) is 19.1 Å². The summed E-state index contributed by atoms with van der Waals surface area (Å²) in [5, 5.41) is 10.3. The number of anilines is 2. The van der Waals surface area contributed by atoms with Gasteiger partial charge in [-0.05, 0) is 60.5 Å². The fourth-order valence-electron chi connectivity index (χ4n) is 3.31. The van der Waals surface area contributed by atoms with Gasteiger partial charge in [-0.15, -0.1) is 10.2 Å². The molecule has 1 amide bonds. The minimum absolute atomic E-state index is 0.126. The molecule has 1 heterocycles. The van der Waals surface area contributed by atoms with E-state index in [-0.39, 0.29) is 10.8 Å². The molecule has 9 heteroatoms. The van der Waals surface area contributed by atoms with E-state index in [9.17, 15) is 13.2 Å². The van der Waals surface area contributed by atoms with Crippen LogP contribution in [0.3, 0.4) is 0 Å². The maximum Gasteiger partial charge on any atom is 0.264 e. The quantitative estimate of drug-likeness (QED) is 0.395. The van der Waals surface area contributed by atoms with E-state index >= 15 is 0 Å². The number of para-hydroxylation sites is 1. The van der Waals surface area contributed by atoms with Gasteiger partial charge in [0.2, 0.25) is 18.2 Å². The monoisotopic (exact) mass is 474 g/mol. The maximum absolute atomic E-state index is 13.1. The molecule has 0 fully saturated rings. The summed E-state index contributed by atoms with van der Waals surface area (Å²) >= 11 is 0. The van der Waals surface area contributed by atoms with E-state index in [0.717, 1.165) is 5.56 Å². The summed E-state index contributed by atoms with van der Waals surface area (Å²) in [7, 11) is -2.26. The lowest BCUT2D eigenvalue weighted by molar-refractivity contribution is -0.111. The first kappa shape index (κ1) is 22.9. The zero-order valence-electron chi connectivity index (χ0n) is 18.5. The first-order valence-corrected chi connectivity index (χ1v) is 11.8. The molecule has 0 aliphatic heterocycles. The van der Waals surface area contributed by atoms with Gasteiger partial charge in [-0.3, -0.25) is 9.10 Å². The van der Waals surface area contributed by atoms with Gasteiger partial charge in [0.25, 0.3) is 10.0 Å². The number of nitrogens with zero attached hydrogens (tertiary/aromatic N) is 3. The molecule has 8 nitrogen and oxygen atoms in total. The number of hydrogen-bond donors (Lipinski definition) is 1. The third kappa shape index (κ3) is 5.05. The second-order valence-electron chi connectivity index (χ2n) is 7.50. The summed E-state index contributed by atoms with van der Waals surface area (Å²) in [4.78, 5) is 12.6. The maximum atomic E-state index is 13.1. The predicted molar refractivity (Wildman–Crippen MR) is 131 cm³/mol. The van der Waals surface area contributed by atoms with E-state index < -0.39 is 15.9 Å². The summed E-state index contributed by atoms with van der Waals surface area (Å²) in [5.41, 5.74) is 3.20. The van der Waals surface area contributed by atoms with Crippen molar-refractivity contribution in [1.82, 2.24) is 10.2 Å². The van der Waals surface area contributed by atoms with Crippen molar-refractivity contribution in [2.45, 2.75) is 11.8 Å². The Morgan fingerprint density at radius 1 is 1.03 bits per heavy atom. The highest BCUT2D eigenvalue weighted by atomic mass is 32.2. The van der Waals surface area contributed by atoms with E-state index in [4.69, 9.17) is 4.42 Å². The molecule has 1 N–H and O–H groups in total. The molecule has 0 spiro atoms. The molecule has 0 unspecified atom stereocenters. The average molecular weight is 475 g/mol. The smallest absolute Gasteiger partial charge is 0.264 e. The molecule has 0 radical (unpaired) electrons. The van der Waals surface area contributed by atoms with Crippen LogP contribution in [-0.4, -0.2) is 31.6 Å². The normalized spacial score (nSPS) is 11.5. The Morgan fingerprint density at radius 3 is 2.59 bits per heavy atom. The SMILES string of the molecule is Cc1cccc(N(C)S(=O)(=O)c2cccc(/C=C/C(=O)Nc3ccccc3-c3nnco3)c2)c1. The molecular weight excluding hydrogens is 452 g/mol. The zero-order valence-corrected chi connectivity index (χ0v) is 19.4. The van der Waals surface area contributed by atoms with Crippen molar-refractivity contribution in [2.24, 2.45) is 0 Å². The Labute approximate surface area is 197 Å². The van der Waals surface area contributed by atoms with Crippen LogP contribution in [0.2, 0.25) is 0 Å². The molecular formula is C25H22N4O4S. The molecule has 1 aromatic heterocycles. The summed E-state index contributed by atoms with van der Waals surface area (Å²) in [6, 6.07) is 20.7. The fourth-order valence-corrected chi connectivity index (χ4v) is 4.56. The largest absolute Gasteiger partial charge is 0.423 e. The highest BCUT2D eigenvalue weighted by molar-refractivity contribution is 7.92. The van der Waals surface area contributed by atoms with Crippen molar-refractivity contribution < 1.29 is 17.6 Å². The van der Waals surface area contributed by atoms with Gasteiger partial charge in [0, 0.05) is 13.1 Å². The van der Waals surface area contributed by atoms with Crippen molar-refractivity contribution in [1.29, 1.82) is 0 Å². The standard InChI is InChI=1S/C25H22N4O4S/c1-18-7-5-9-20(15-18)29(2)34(31,32)21-10-6-8-19(16-21)13-14-24(30)27-23-12-4-3-11-22(23)25-28-26-17-33-25/h3-17H,1-2H3,(H,27,30)/b14-13+. The molecule has 172 valence electrons. The molecule has 3 aromatic carbocycles. The molecule has 4 rings (SSSR count).